The van der Waals surface area contributed by atoms with Crippen LogP contribution in [0.5, 0.6) is 0 Å². The van der Waals surface area contributed by atoms with Gasteiger partial charge in [-0.15, -0.1) is 0 Å². The minimum Gasteiger partial charge on any atom is -0.383 e. The van der Waals surface area contributed by atoms with Gasteiger partial charge in [0.05, 0.1) is 6.61 Å². The lowest BCUT2D eigenvalue weighted by Gasteiger charge is -2.10. The summed E-state index contributed by atoms with van der Waals surface area (Å²) in [5, 5.41) is 6.45. The van der Waals surface area contributed by atoms with E-state index in [1.807, 2.05) is 24.3 Å². The minimum absolute atomic E-state index is 0.591. The molecule has 20 heavy (non-hydrogen) atoms. The third-order valence-electron chi connectivity index (χ3n) is 2.91. The van der Waals surface area contributed by atoms with Gasteiger partial charge in [0.25, 0.3) is 0 Å². The fourth-order valence-corrected chi connectivity index (χ4v) is 1.87. The molecule has 2 N–H and O–H groups in total. The molecule has 0 unspecified atom stereocenters. The molecular weight excluding hydrogens is 252 g/mol. The van der Waals surface area contributed by atoms with E-state index in [1.165, 1.54) is 5.56 Å². The van der Waals surface area contributed by atoms with Crippen molar-refractivity contribution in [2.75, 3.05) is 30.9 Å². The molecule has 5 heteroatoms. The lowest BCUT2D eigenvalue weighted by Crippen LogP contribution is -2.10. The highest BCUT2D eigenvalue weighted by Crippen LogP contribution is 2.19. The number of hydrogen-bond acceptors (Lipinski definition) is 5. The average molecular weight is 272 g/mol. The Labute approximate surface area is 119 Å². The van der Waals surface area contributed by atoms with E-state index < -0.39 is 0 Å². The lowest BCUT2D eigenvalue weighted by molar-refractivity contribution is 0.210. The van der Waals surface area contributed by atoms with Crippen LogP contribution in [0.4, 0.5) is 17.5 Å². The van der Waals surface area contributed by atoms with E-state index in [2.05, 4.69) is 33.6 Å². The van der Waals surface area contributed by atoms with Crippen LogP contribution in [0.2, 0.25) is 0 Å². The zero-order valence-corrected chi connectivity index (χ0v) is 11.9. The first-order chi connectivity index (χ1) is 9.83. The normalized spacial score (nSPS) is 10.3. The molecule has 2 rings (SSSR count). The van der Waals surface area contributed by atoms with Gasteiger partial charge in [-0.1, -0.05) is 25.1 Å². The number of aromatic nitrogens is 2. The van der Waals surface area contributed by atoms with E-state index in [-0.39, 0.29) is 0 Å². The fraction of sp³-hybridized carbons (Fsp3) is 0.333. The monoisotopic (exact) mass is 272 g/mol. The van der Waals surface area contributed by atoms with Crippen molar-refractivity contribution in [2.45, 2.75) is 13.3 Å². The molecule has 0 atom stereocenters. The number of hydrogen-bond donors (Lipinski definition) is 2. The predicted octanol–water partition coefficient (Wildman–Crippen LogP) is 2.84. The van der Waals surface area contributed by atoms with Crippen LogP contribution < -0.4 is 10.6 Å². The quantitative estimate of drug-likeness (QED) is 0.759. The summed E-state index contributed by atoms with van der Waals surface area (Å²) in [5.41, 5.74) is 2.29. The maximum absolute atomic E-state index is 5.00. The van der Waals surface area contributed by atoms with Crippen molar-refractivity contribution in [1.29, 1.82) is 0 Å². The van der Waals surface area contributed by atoms with Crippen LogP contribution in [0.25, 0.3) is 0 Å². The van der Waals surface area contributed by atoms with Crippen LogP contribution in [-0.4, -0.2) is 30.2 Å². The summed E-state index contributed by atoms with van der Waals surface area (Å²) in [5.74, 6) is 1.38. The molecule has 5 nitrogen and oxygen atoms in total. The summed E-state index contributed by atoms with van der Waals surface area (Å²) >= 11 is 0. The molecule has 0 bridgehead atoms. The van der Waals surface area contributed by atoms with Gasteiger partial charge >= 0.3 is 0 Å². The van der Waals surface area contributed by atoms with Gasteiger partial charge in [-0.25, -0.2) is 4.98 Å². The summed E-state index contributed by atoms with van der Waals surface area (Å²) in [6.45, 7) is 3.49. The Bertz CT molecular complexity index is 545. The van der Waals surface area contributed by atoms with Gasteiger partial charge in [-0.3, -0.25) is 0 Å². The van der Waals surface area contributed by atoms with E-state index in [0.29, 0.717) is 12.6 Å². The molecule has 1 aromatic carbocycles. The van der Waals surface area contributed by atoms with Gasteiger partial charge in [0.2, 0.25) is 5.95 Å². The number of para-hydroxylation sites is 1. The fourth-order valence-electron chi connectivity index (χ4n) is 1.87. The summed E-state index contributed by atoms with van der Waals surface area (Å²) in [7, 11) is 1.68. The number of nitrogens with one attached hydrogen (secondary N) is 2. The topological polar surface area (TPSA) is 59.1 Å². The first kappa shape index (κ1) is 14.3. The number of benzene rings is 1. The summed E-state index contributed by atoms with van der Waals surface area (Å²) in [4.78, 5) is 8.67. The molecule has 2 aromatic rings. The predicted molar refractivity (Wildman–Crippen MR) is 81.5 cm³/mol. The van der Waals surface area contributed by atoms with E-state index in [0.717, 1.165) is 24.5 Å². The minimum atomic E-state index is 0.591. The van der Waals surface area contributed by atoms with Gasteiger partial charge in [0, 0.05) is 25.5 Å². The van der Waals surface area contributed by atoms with Crippen molar-refractivity contribution in [2.24, 2.45) is 0 Å². The van der Waals surface area contributed by atoms with Crippen molar-refractivity contribution in [3.8, 4) is 0 Å². The SMILES string of the molecule is CCc1ccccc1Nc1nccc(NCCOC)n1. The summed E-state index contributed by atoms with van der Waals surface area (Å²) in [6, 6.07) is 10.0. The lowest BCUT2D eigenvalue weighted by atomic mass is 10.1. The van der Waals surface area contributed by atoms with E-state index >= 15 is 0 Å². The third kappa shape index (κ3) is 3.93. The van der Waals surface area contributed by atoms with Crippen molar-refractivity contribution >= 4 is 17.5 Å². The molecule has 0 aliphatic carbocycles. The van der Waals surface area contributed by atoms with E-state index in [9.17, 15) is 0 Å². The average Bonchev–Trinajstić information content (AvgIpc) is 2.48. The Kier molecular flexibility index (Phi) is 5.32. The number of nitrogens with zero attached hydrogens (tertiary/aromatic N) is 2. The van der Waals surface area contributed by atoms with Gasteiger partial charge in [-0.05, 0) is 24.1 Å². The molecule has 0 radical (unpaired) electrons. The molecule has 0 saturated carbocycles. The maximum Gasteiger partial charge on any atom is 0.229 e. The highest BCUT2D eigenvalue weighted by Gasteiger charge is 2.03. The summed E-state index contributed by atoms with van der Waals surface area (Å²) < 4.78 is 5.00. The summed E-state index contributed by atoms with van der Waals surface area (Å²) in [6.07, 6.45) is 2.70. The Hall–Kier alpha value is -2.14. The molecule has 0 saturated heterocycles. The number of aryl methyl sites for hydroxylation is 1. The van der Waals surface area contributed by atoms with Crippen LogP contribution >= 0.6 is 0 Å². The van der Waals surface area contributed by atoms with Gasteiger partial charge in [0.15, 0.2) is 0 Å². The number of methoxy groups -OCH3 is 1. The molecule has 0 fully saturated rings. The molecule has 0 amide bonds. The number of rotatable bonds is 7. The molecular formula is C15H20N4O. The van der Waals surface area contributed by atoms with Crippen LogP contribution in [0.3, 0.4) is 0 Å². The zero-order chi connectivity index (χ0) is 14.2. The smallest absolute Gasteiger partial charge is 0.229 e. The Morgan fingerprint density at radius 1 is 1.20 bits per heavy atom. The van der Waals surface area contributed by atoms with E-state index in [4.69, 9.17) is 4.74 Å². The number of anilines is 3. The molecule has 106 valence electrons. The van der Waals surface area contributed by atoms with Crippen LogP contribution in [0.1, 0.15) is 12.5 Å². The van der Waals surface area contributed by atoms with Gasteiger partial charge in [-0.2, -0.15) is 4.98 Å². The molecule has 0 aliphatic heterocycles. The van der Waals surface area contributed by atoms with Crippen molar-refractivity contribution < 1.29 is 4.74 Å². The van der Waals surface area contributed by atoms with Crippen molar-refractivity contribution in [3.05, 3.63) is 42.1 Å². The first-order valence-corrected chi connectivity index (χ1v) is 6.74. The molecule has 1 aromatic heterocycles. The second kappa shape index (κ2) is 7.45. The third-order valence-corrected chi connectivity index (χ3v) is 2.91. The number of ether oxygens (including phenoxy) is 1. The second-order valence-electron chi connectivity index (χ2n) is 4.32. The maximum atomic E-state index is 5.00. The molecule has 0 aliphatic rings. The highest BCUT2D eigenvalue weighted by molar-refractivity contribution is 5.59. The zero-order valence-electron chi connectivity index (χ0n) is 11.9. The van der Waals surface area contributed by atoms with Crippen molar-refractivity contribution in [3.63, 3.8) is 0 Å². The van der Waals surface area contributed by atoms with Gasteiger partial charge in [0.1, 0.15) is 5.82 Å². The van der Waals surface area contributed by atoms with Crippen LogP contribution in [0.15, 0.2) is 36.5 Å². The Morgan fingerprint density at radius 2 is 2.05 bits per heavy atom. The van der Waals surface area contributed by atoms with Crippen molar-refractivity contribution in [1.82, 2.24) is 9.97 Å². The Morgan fingerprint density at radius 3 is 2.85 bits per heavy atom. The first-order valence-electron chi connectivity index (χ1n) is 6.74. The molecule has 0 spiro atoms. The standard InChI is InChI=1S/C15H20N4O/c1-3-12-6-4-5-7-13(12)18-15-17-9-8-14(19-15)16-10-11-20-2/h4-9H,3,10-11H2,1-2H3,(H2,16,17,18,19). The van der Waals surface area contributed by atoms with E-state index in [1.54, 1.807) is 13.3 Å². The van der Waals surface area contributed by atoms with Crippen LogP contribution in [0, 0.1) is 0 Å². The van der Waals surface area contributed by atoms with Crippen LogP contribution in [-0.2, 0) is 11.2 Å². The second-order valence-corrected chi connectivity index (χ2v) is 4.32. The van der Waals surface area contributed by atoms with Gasteiger partial charge < -0.3 is 15.4 Å². The highest BCUT2D eigenvalue weighted by atomic mass is 16.5. The Balaban J connectivity index is 2.07. The molecule has 1 heterocycles. The largest absolute Gasteiger partial charge is 0.383 e.